The largest absolute Gasteiger partial charge is 0.463 e. The van der Waals surface area contributed by atoms with Crippen molar-refractivity contribution in [2.45, 2.75) is 59.5 Å². The maximum atomic E-state index is 11.8. The Kier molecular flexibility index (Phi) is 4.17. The molecule has 0 amide bonds. The first-order chi connectivity index (χ1) is 7.85. The zero-order valence-electron chi connectivity index (χ0n) is 11.5. The highest BCUT2D eigenvalue weighted by Crippen LogP contribution is 2.35. The van der Waals surface area contributed by atoms with Crippen molar-refractivity contribution in [1.29, 1.82) is 0 Å². The third kappa shape index (κ3) is 2.99. The van der Waals surface area contributed by atoms with E-state index in [9.17, 15) is 4.79 Å². The van der Waals surface area contributed by atoms with Gasteiger partial charge in [-0.1, -0.05) is 32.3 Å². The Bertz CT molecular complexity index is 323. The predicted molar refractivity (Wildman–Crippen MR) is 66.9 cm³/mol. The molecular formula is C13H23NO3. The third-order valence-corrected chi connectivity index (χ3v) is 3.23. The smallest absolute Gasteiger partial charge is 0.353 e. The van der Waals surface area contributed by atoms with Crippen molar-refractivity contribution < 1.29 is 14.4 Å². The maximum absolute atomic E-state index is 11.8. The lowest BCUT2D eigenvalue weighted by atomic mass is 9.79. The van der Waals surface area contributed by atoms with Gasteiger partial charge in [-0.3, -0.25) is 0 Å². The molecule has 1 rings (SSSR count). The first-order valence-corrected chi connectivity index (χ1v) is 6.28. The van der Waals surface area contributed by atoms with Gasteiger partial charge in [0.25, 0.3) is 0 Å². The molecule has 1 atom stereocenters. The van der Waals surface area contributed by atoms with Gasteiger partial charge in [-0.2, -0.15) is 0 Å². The molecule has 0 spiro atoms. The number of esters is 1. The number of nitrogens with zero attached hydrogens (tertiary/aromatic N) is 1. The number of ether oxygens (including phenoxy) is 1. The highest BCUT2D eigenvalue weighted by molar-refractivity contribution is 5.96. The number of carbonyl (C=O) groups excluding carboxylic acids is 1. The van der Waals surface area contributed by atoms with Gasteiger partial charge < -0.3 is 9.57 Å². The number of rotatable bonds is 5. The van der Waals surface area contributed by atoms with Crippen LogP contribution < -0.4 is 0 Å². The number of hydrogen-bond acceptors (Lipinski definition) is 4. The number of carbonyl (C=O) groups is 1. The van der Waals surface area contributed by atoms with Crippen LogP contribution in [-0.4, -0.2) is 23.9 Å². The van der Waals surface area contributed by atoms with Crippen LogP contribution in [-0.2, 0) is 14.4 Å². The minimum atomic E-state index is -0.934. The van der Waals surface area contributed by atoms with E-state index >= 15 is 0 Å². The zero-order valence-corrected chi connectivity index (χ0v) is 11.5. The quantitative estimate of drug-likeness (QED) is 0.695. The van der Waals surface area contributed by atoms with E-state index in [-0.39, 0.29) is 11.4 Å². The average molecular weight is 241 g/mol. The summed E-state index contributed by atoms with van der Waals surface area (Å²) in [6.45, 7) is 10.3. The van der Waals surface area contributed by atoms with E-state index in [1.165, 1.54) is 0 Å². The molecule has 0 fully saturated rings. The Balaban J connectivity index is 2.70. The Morgan fingerprint density at radius 3 is 2.71 bits per heavy atom. The minimum absolute atomic E-state index is 0.0149. The normalized spacial score (nSPS) is 24.2. The fourth-order valence-corrected chi connectivity index (χ4v) is 2.07. The van der Waals surface area contributed by atoms with E-state index < -0.39 is 5.60 Å². The lowest BCUT2D eigenvalue weighted by molar-refractivity contribution is -0.166. The molecule has 0 aliphatic carbocycles. The van der Waals surface area contributed by atoms with E-state index in [0.717, 1.165) is 18.6 Å². The van der Waals surface area contributed by atoms with Crippen LogP contribution in [0, 0.1) is 5.41 Å². The zero-order chi connectivity index (χ0) is 13.1. The van der Waals surface area contributed by atoms with Crippen molar-refractivity contribution in [2.75, 3.05) is 6.61 Å². The molecule has 0 saturated heterocycles. The van der Waals surface area contributed by atoms with Crippen molar-refractivity contribution in [3.8, 4) is 0 Å². The first-order valence-electron chi connectivity index (χ1n) is 6.28. The lowest BCUT2D eigenvalue weighted by Gasteiger charge is -2.24. The van der Waals surface area contributed by atoms with Gasteiger partial charge in [0, 0.05) is 11.8 Å². The molecule has 1 heterocycles. The van der Waals surface area contributed by atoms with Crippen LogP contribution in [0.2, 0.25) is 0 Å². The predicted octanol–water partition coefficient (Wildman–Crippen LogP) is 2.91. The monoisotopic (exact) mass is 241 g/mol. The van der Waals surface area contributed by atoms with E-state index in [1.807, 2.05) is 0 Å². The minimum Gasteiger partial charge on any atom is -0.463 e. The van der Waals surface area contributed by atoms with E-state index in [0.29, 0.717) is 13.0 Å². The molecule has 0 saturated carbocycles. The molecule has 17 heavy (non-hydrogen) atoms. The van der Waals surface area contributed by atoms with E-state index in [2.05, 4.69) is 25.9 Å². The average Bonchev–Trinajstić information content (AvgIpc) is 2.63. The van der Waals surface area contributed by atoms with Crippen LogP contribution in [0.5, 0.6) is 0 Å². The van der Waals surface area contributed by atoms with Crippen molar-refractivity contribution in [3.05, 3.63) is 0 Å². The topological polar surface area (TPSA) is 47.9 Å². The fourth-order valence-electron chi connectivity index (χ4n) is 2.07. The van der Waals surface area contributed by atoms with Gasteiger partial charge in [0.05, 0.1) is 12.3 Å². The summed E-state index contributed by atoms with van der Waals surface area (Å²) in [6, 6.07) is 0. The summed E-state index contributed by atoms with van der Waals surface area (Å²) in [6.07, 6.45) is 2.65. The molecule has 0 aromatic rings. The van der Waals surface area contributed by atoms with Gasteiger partial charge in [0.1, 0.15) is 0 Å². The summed E-state index contributed by atoms with van der Waals surface area (Å²) >= 11 is 0. The number of hydrogen-bond donors (Lipinski definition) is 0. The molecule has 1 aliphatic heterocycles. The van der Waals surface area contributed by atoms with Crippen molar-refractivity contribution >= 4 is 11.7 Å². The molecular weight excluding hydrogens is 218 g/mol. The summed E-state index contributed by atoms with van der Waals surface area (Å²) in [5.74, 6) is -0.328. The molecule has 4 nitrogen and oxygen atoms in total. The number of oxime groups is 1. The fraction of sp³-hybridized carbons (Fsp3) is 0.846. The van der Waals surface area contributed by atoms with Crippen LogP contribution in [0.1, 0.15) is 53.9 Å². The highest BCUT2D eigenvalue weighted by Gasteiger charge is 2.46. The SMILES string of the molecule is CCCC(C)(C)C1=NOC(C)(C(=O)OCC)C1. The summed E-state index contributed by atoms with van der Waals surface area (Å²) in [4.78, 5) is 17.1. The Hall–Kier alpha value is -1.06. The van der Waals surface area contributed by atoms with E-state index in [4.69, 9.17) is 9.57 Å². The third-order valence-electron chi connectivity index (χ3n) is 3.23. The molecule has 1 unspecified atom stereocenters. The van der Waals surface area contributed by atoms with Crippen LogP contribution >= 0.6 is 0 Å². The highest BCUT2D eigenvalue weighted by atomic mass is 16.7. The van der Waals surface area contributed by atoms with Gasteiger partial charge in [0.2, 0.25) is 5.60 Å². The molecule has 0 aromatic carbocycles. The molecule has 0 N–H and O–H groups in total. The molecule has 0 bridgehead atoms. The molecule has 98 valence electrons. The van der Waals surface area contributed by atoms with Crippen molar-refractivity contribution in [2.24, 2.45) is 10.6 Å². The van der Waals surface area contributed by atoms with Gasteiger partial charge in [-0.05, 0) is 20.3 Å². The molecule has 1 aliphatic rings. The van der Waals surface area contributed by atoms with Gasteiger partial charge in [-0.25, -0.2) is 4.79 Å². The summed E-state index contributed by atoms with van der Waals surface area (Å²) in [5, 5.41) is 4.10. The maximum Gasteiger partial charge on any atom is 0.353 e. The standard InChI is InChI=1S/C13H23NO3/c1-6-8-12(3,4)10-9-13(5,17-14-10)11(15)16-7-2/h6-9H2,1-5H3. The Morgan fingerprint density at radius 1 is 1.53 bits per heavy atom. The second-order valence-electron chi connectivity index (χ2n) is 5.39. The van der Waals surface area contributed by atoms with Crippen molar-refractivity contribution in [1.82, 2.24) is 0 Å². The molecule has 0 radical (unpaired) electrons. The van der Waals surface area contributed by atoms with Gasteiger partial charge >= 0.3 is 5.97 Å². The lowest BCUT2D eigenvalue weighted by Crippen LogP contribution is -2.38. The van der Waals surface area contributed by atoms with E-state index in [1.54, 1.807) is 13.8 Å². The summed E-state index contributed by atoms with van der Waals surface area (Å²) in [7, 11) is 0. The second kappa shape index (κ2) is 5.07. The van der Waals surface area contributed by atoms with Crippen LogP contribution in [0.3, 0.4) is 0 Å². The summed E-state index contributed by atoms with van der Waals surface area (Å²) < 4.78 is 5.01. The second-order valence-corrected chi connectivity index (χ2v) is 5.39. The first kappa shape index (κ1) is 14.0. The molecule has 4 heteroatoms. The van der Waals surface area contributed by atoms with Crippen LogP contribution in [0.15, 0.2) is 5.16 Å². The van der Waals surface area contributed by atoms with Crippen LogP contribution in [0.25, 0.3) is 0 Å². The van der Waals surface area contributed by atoms with Gasteiger partial charge in [0.15, 0.2) is 0 Å². The van der Waals surface area contributed by atoms with Gasteiger partial charge in [-0.15, -0.1) is 0 Å². The Morgan fingerprint density at radius 2 is 2.18 bits per heavy atom. The van der Waals surface area contributed by atoms with Crippen LogP contribution in [0.4, 0.5) is 0 Å². The summed E-state index contributed by atoms with van der Waals surface area (Å²) in [5.41, 5.74) is 0.00457. The Labute approximate surface area is 103 Å². The van der Waals surface area contributed by atoms with Crippen molar-refractivity contribution in [3.63, 3.8) is 0 Å². The molecule has 0 aromatic heterocycles.